The SMILES string of the molecule is CCCCCCCCCCCCCCCCNCCC[C@@H](C)C1CCC2C3C(OCCCN)CC4CCCCC4(C)C3CCC21C. The first-order valence-electron chi connectivity index (χ1n) is 21.5. The first-order chi connectivity index (χ1) is 22.5. The van der Waals surface area contributed by atoms with Gasteiger partial charge in [-0.1, -0.05) is 124 Å². The highest BCUT2D eigenvalue weighted by atomic mass is 16.5. The third kappa shape index (κ3) is 10.4. The number of rotatable bonds is 24. The van der Waals surface area contributed by atoms with Crippen LogP contribution in [0.4, 0.5) is 0 Å². The van der Waals surface area contributed by atoms with E-state index in [1.165, 1.54) is 174 Å². The van der Waals surface area contributed by atoms with E-state index in [0.29, 0.717) is 16.9 Å². The number of ether oxygens (including phenoxy) is 1. The molecule has 46 heavy (non-hydrogen) atoms. The van der Waals surface area contributed by atoms with Crippen LogP contribution in [0.1, 0.15) is 195 Å². The molecule has 4 saturated carbocycles. The summed E-state index contributed by atoms with van der Waals surface area (Å²) in [6.45, 7) is 14.5. The van der Waals surface area contributed by atoms with Gasteiger partial charge in [0.05, 0.1) is 6.10 Å². The quantitative estimate of drug-likeness (QED) is 0.103. The Bertz CT molecular complexity index is 802. The van der Waals surface area contributed by atoms with Crippen molar-refractivity contribution in [1.29, 1.82) is 0 Å². The topological polar surface area (TPSA) is 47.3 Å². The lowest BCUT2D eigenvalue weighted by Gasteiger charge is -2.62. The van der Waals surface area contributed by atoms with E-state index in [1.807, 2.05) is 0 Å². The zero-order valence-electron chi connectivity index (χ0n) is 31.7. The predicted octanol–water partition coefficient (Wildman–Crippen LogP) is 11.9. The fraction of sp³-hybridized carbons (Fsp3) is 1.00. The van der Waals surface area contributed by atoms with Crippen molar-refractivity contribution < 1.29 is 4.74 Å². The molecule has 4 fully saturated rings. The van der Waals surface area contributed by atoms with Gasteiger partial charge in [0.25, 0.3) is 0 Å². The Kier molecular flexibility index (Phi) is 17.3. The molecule has 4 rings (SSSR count). The Morgan fingerprint density at radius 2 is 1.33 bits per heavy atom. The summed E-state index contributed by atoms with van der Waals surface area (Å²) in [7, 11) is 0. The van der Waals surface area contributed by atoms with Crippen molar-refractivity contribution in [2.24, 2.45) is 52.1 Å². The van der Waals surface area contributed by atoms with E-state index in [0.717, 1.165) is 55.1 Å². The lowest BCUT2D eigenvalue weighted by Crippen LogP contribution is -2.58. The Morgan fingerprint density at radius 3 is 2.00 bits per heavy atom. The van der Waals surface area contributed by atoms with Gasteiger partial charge in [-0.05, 0) is 137 Å². The molecule has 0 aromatic rings. The van der Waals surface area contributed by atoms with Crippen LogP contribution in [0.5, 0.6) is 0 Å². The molecule has 3 nitrogen and oxygen atoms in total. The van der Waals surface area contributed by atoms with Gasteiger partial charge >= 0.3 is 0 Å². The highest BCUT2D eigenvalue weighted by molar-refractivity contribution is 5.11. The summed E-state index contributed by atoms with van der Waals surface area (Å²) >= 11 is 0. The van der Waals surface area contributed by atoms with E-state index in [2.05, 4.69) is 33.0 Å². The smallest absolute Gasteiger partial charge is 0.0611 e. The molecule has 0 amide bonds. The summed E-state index contributed by atoms with van der Waals surface area (Å²) < 4.78 is 6.82. The predicted molar refractivity (Wildman–Crippen MR) is 200 cm³/mol. The van der Waals surface area contributed by atoms with E-state index >= 15 is 0 Å². The van der Waals surface area contributed by atoms with Crippen molar-refractivity contribution >= 4 is 0 Å². The average Bonchev–Trinajstić information content (AvgIpc) is 3.41. The second-order valence-electron chi connectivity index (χ2n) is 17.7. The summed E-state index contributed by atoms with van der Waals surface area (Å²) in [6, 6.07) is 0. The molecule has 270 valence electrons. The Hall–Kier alpha value is -0.120. The second kappa shape index (κ2) is 20.5. The van der Waals surface area contributed by atoms with Gasteiger partial charge in [-0.15, -0.1) is 0 Å². The summed E-state index contributed by atoms with van der Waals surface area (Å²) in [4.78, 5) is 0. The molecule has 0 bridgehead atoms. The van der Waals surface area contributed by atoms with Gasteiger partial charge in [0, 0.05) is 6.61 Å². The Labute approximate surface area is 288 Å². The zero-order valence-corrected chi connectivity index (χ0v) is 31.7. The largest absolute Gasteiger partial charge is 0.378 e. The summed E-state index contributed by atoms with van der Waals surface area (Å²) in [5, 5.41) is 3.81. The molecule has 0 saturated heterocycles. The van der Waals surface area contributed by atoms with Crippen LogP contribution in [0.3, 0.4) is 0 Å². The van der Waals surface area contributed by atoms with Crippen LogP contribution in [0.2, 0.25) is 0 Å². The van der Waals surface area contributed by atoms with Gasteiger partial charge < -0.3 is 15.8 Å². The fourth-order valence-corrected chi connectivity index (χ4v) is 12.0. The molecular weight excluding hydrogens is 560 g/mol. The molecular formula is C43H82N2O. The number of hydrogen-bond donors (Lipinski definition) is 2. The third-order valence-electron chi connectivity index (χ3n) is 14.7. The number of hydrogen-bond acceptors (Lipinski definition) is 3. The molecule has 4 aliphatic carbocycles. The number of nitrogens with two attached hydrogens (primary N) is 1. The molecule has 8 unspecified atom stereocenters. The monoisotopic (exact) mass is 643 g/mol. The van der Waals surface area contributed by atoms with Crippen molar-refractivity contribution in [1.82, 2.24) is 5.32 Å². The van der Waals surface area contributed by atoms with E-state index in [1.54, 1.807) is 0 Å². The van der Waals surface area contributed by atoms with Gasteiger partial charge in [-0.2, -0.15) is 0 Å². The summed E-state index contributed by atoms with van der Waals surface area (Å²) in [6.07, 6.45) is 37.5. The van der Waals surface area contributed by atoms with Crippen LogP contribution >= 0.6 is 0 Å². The molecule has 3 heteroatoms. The van der Waals surface area contributed by atoms with Crippen LogP contribution in [-0.2, 0) is 4.74 Å². The van der Waals surface area contributed by atoms with E-state index in [-0.39, 0.29) is 0 Å². The number of fused-ring (bicyclic) bond motifs is 5. The van der Waals surface area contributed by atoms with E-state index in [4.69, 9.17) is 10.5 Å². The van der Waals surface area contributed by atoms with Crippen LogP contribution < -0.4 is 11.1 Å². The van der Waals surface area contributed by atoms with Gasteiger partial charge in [0.15, 0.2) is 0 Å². The lowest BCUT2D eigenvalue weighted by molar-refractivity contribution is -0.180. The van der Waals surface area contributed by atoms with Crippen molar-refractivity contribution in [2.45, 2.75) is 201 Å². The fourth-order valence-electron chi connectivity index (χ4n) is 12.0. The molecule has 9 atom stereocenters. The van der Waals surface area contributed by atoms with Gasteiger partial charge in [0.1, 0.15) is 0 Å². The minimum Gasteiger partial charge on any atom is -0.378 e. The number of unbranched alkanes of at least 4 members (excludes halogenated alkanes) is 13. The average molecular weight is 643 g/mol. The Morgan fingerprint density at radius 1 is 0.696 bits per heavy atom. The molecule has 0 spiro atoms. The van der Waals surface area contributed by atoms with Crippen molar-refractivity contribution in [3.63, 3.8) is 0 Å². The summed E-state index contributed by atoms with van der Waals surface area (Å²) in [5.41, 5.74) is 6.99. The highest BCUT2D eigenvalue weighted by Crippen LogP contribution is 2.68. The summed E-state index contributed by atoms with van der Waals surface area (Å²) in [5.74, 6) is 5.21. The van der Waals surface area contributed by atoms with E-state index < -0.39 is 0 Å². The maximum atomic E-state index is 6.82. The lowest BCUT2D eigenvalue weighted by atomic mass is 9.44. The minimum absolute atomic E-state index is 0.491. The molecule has 0 aromatic heterocycles. The normalized spacial score (nSPS) is 34.6. The molecule has 0 aromatic carbocycles. The van der Waals surface area contributed by atoms with Gasteiger partial charge in [-0.3, -0.25) is 0 Å². The number of nitrogens with one attached hydrogen (secondary N) is 1. The van der Waals surface area contributed by atoms with Crippen LogP contribution in [0.15, 0.2) is 0 Å². The van der Waals surface area contributed by atoms with Gasteiger partial charge in [-0.25, -0.2) is 0 Å². The van der Waals surface area contributed by atoms with Crippen molar-refractivity contribution in [2.75, 3.05) is 26.2 Å². The second-order valence-corrected chi connectivity index (χ2v) is 17.7. The molecule has 0 radical (unpaired) electrons. The van der Waals surface area contributed by atoms with Crippen LogP contribution in [0.25, 0.3) is 0 Å². The van der Waals surface area contributed by atoms with E-state index in [9.17, 15) is 0 Å². The van der Waals surface area contributed by atoms with Crippen LogP contribution in [0, 0.1) is 46.3 Å². The maximum Gasteiger partial charge on any atom is 0.0611 e. The molecule has 0 heterocycles. The first kappa shape index (κ1) is 38.7. The van der Waals surface area contributed by atoms with Crippen molar-refractivity contribution in [3.05, 3.63) is 0 Å². The standard InChI is InChI=1S/C43H82N2O/c1-5-6-7-8-9-10-11-12-13-14-15-16-17-20-31-45-32-21-23-35(2)37-25-26-38-41-39(27-29-43(37,38)4)42(3)28-19-18-24-36(42)34-40(41)46-33-22-30-44/h35-41,45H,5-34,44H2,1-4H3/t35-,36?,37?,38?,39?,40?,41?,42?,43?/m1/s1. The van der Waals surface area contributed by atoms with Crippen LogP contribution in [-0.4, -0.2) is 32.3 Å². The third-order valence-corrected chi connectivity index (χ3v) is 14.7. The Balaban J connectivity index is 1.10. The maximum absolute atomic E-state index is 6.82. The zero-order chi connectivity index (χ0) is 32.7. The van der Waals surface area contributed by atoms with Crippen molar-refractivity contribution in [3.8, 4) is 0 Å². The molecule has 0 aliphatic heterocycles. The highest BCUT2D eigenvalue weighted by Gasteiger charge is 2.62. The molecule has 4 aliphatic rings. The molecule has 3 N–H and O–H groups in total. The first-order valence-corrected chi connectivity index (χ1v) is 21.5. The minimum atomic E-state index is 0.491. The van der Waals surface area contributed by atoms with Gasteiger partial charge in [0.2, 0.25) is 0 Å².